The van der Waals surface area contributed by atoms with E-state index in [2.05, 4.69) is 21.3 Å². The lowest BCUT2D eigenvalue weighted by molar-refractivity contribution is 0.151. The van der Waals surface area contributed by atoms with Crippen molar-refractivity contribution in [3.05, 3.63) is 11.6 Å². The standard InChI is InChI=1S/C16H27N3.HI/c1-17-15(18-11-7-14-5-2-3-6-14)19-12-10-16(13-19)8-4-9-16;/h5H,2-4,6-13H2,1H3,(H,17,18);1H. The number of likely N-dealkylation sites (tertiary alicyclic amines) is 1. The molecule has 3 aliphatic rings. The molecule has 0 amide bonds. The van der Waals surface area contributed by atoms with Crippen molar-refractivity contribution in [3.8, 4) is 0 Å². The molecule has 1 heterocycles. The summed E-state index contributed by atoms with van der Waals surface area (Å²) in [6, 6.07) is 0. The van der Waals surface area contributed by atoms with Gasteiger partial charge in [0.2, 0.25) is 0 Å². The minimum Gasteiger partial charge on any atom is -0.356 e. The van der Waals surface area contributed by atoms with Gasteiger partial charge >= 0.3 is 0 Å². The fourth-order valence-corrected chi connectivity index (χ4v) is 3.83. The van der Waals surface area contributed by atoms with Crippen LogP contribution in [-0.2, 0) is 0 Å². The van der Waals surface area contributed by atoms with Gasteiger partial charge in [-0.2, -0.15) is 0 Å². The summed E-state index contributed by atoms with van der Waals surface area (Å²) in [5.74, 6) is 1.13. The zero-order valence-corrected chi connectivity index (χ0v) is 15.0. The molecule has 2 aliphatic carbocycles. The van der Waals surface area contributed by atoms with Crippen LogP contribution in [0.5, 0.6) is 0 Å². The van der Waals surface area contributed by atoms with Crippen molar-refractivity contribution >= 4 is 29.9 Å². The molecule has 4 heteroatoms. The molecule has 1 saturated carbocycles. The average Bonchev–Trinajstić information content (AvgIpc) is 3.03. The third-order valence-corrected chi connectivity index (χ3v) is 5.23. The average molecular weight is 389 g/mol. The van der Waals surface area contributed by atoms with Gasteiger partial charge in [-0.3, -0.25) is 4.99 Å². The van der Waals surface area contributed by atoms with Crippen LogP contribution in [0.3, 0.4) is 0 Å². The number of guanidine groups is 1. The first-order valence-electron chi connectivity index (χ1n) is 7.95. The second kappa shape index (κ2) is 7.14. The Labute approximate surface area is 140 Å². The van der Waals surface area contributed by atoms with Gasteiger partial charge in [0.1, 0.15) is 0 Å². The molecule has 0 aromatic carbocycles. The van der Waals surface area contributed by atoms with Gasteiger partial charge in [-0.05, 0) is 50.4 Å². The molecule has 1 saturated heterocycles. The minimum absolute atomic E-state index is 0. The first-order valence-corrected chi connectivity index (χ1v) is 7.95. The lowest BCUT2D eigenvalue weighted by atomic mass is 9.68. The van der Waals surface area contributed by atoms with E-state index in [0.717, 1.165) is 12.5 Å². The topological polar surface area (TPSA) is 27.6 Å². The Balaban J connectivity index is 0.00000147. The summed E-state index contributed by atoms with van der Waals surface area (Å²) < 4.78 is 0. The van der Waals surface area contributed by atoms with Crippen LogP contribution in [0, 0.1) is 5.41 Å². The van der Waals surface area contributed by atoms with E-state index in [-0.39, 0.29) is 24.0 Å². The number of nitrogens with one attached hydrogen (secondary N) is 1. The van der Waals surface area contributed by atoms with Crippen LogP contribution in [0.4, 0.5) is 0 Å². The molecule has 1 aliphatic heterocycles. The number of rotatable bonds is 3. The molecule has 0 unspecified atom stereocenters. The van der Waals surface area contributed by atoms with Crippen LogP contribution in [-0.4, -0.2) is 37.5 Å². The minimum atomic E-state index is 0. The summed E-state index contributed by atoms with van der Waals surface area (Å²) in [5.41, 5.74) is 2.30. The Morgan fingerprint density at radius 1 is 1.35 bits per heavy atom. The van der Waals surface area contributed by atoms with Gasteiger partial charge in [0.05, 0.1) is 0 Å². The first kappa shape index (κ1) is 16.1. The lowest BCUT2D eigenvalue weighted by Crippen LogP contribution is -2.42. The maximum absolute atomic E-state index is 4.47. The van der Waals surface area contributed by atoms with Crippen molar-refractivity contribution < 1.29 is 0 Å². The summed E-state index contributed by atoms with van der Waals surface area (Å²) in [4.78, 5) is 6.94. The molecule has 20 heavy (non-hydrogen) atoms. The van der Waals surface area contributed by atoms with E-state index in [4.69, 9.17) is 0 Å². The zero-order valence-electron chi connectivity index (χ0n) is 12.7. The summed E-state index contributed by atoms with van der Waals surface area (Å²) in [5, 5.41) is 3.56. The Bertz CT molecular complexity index is 385. The fraction of sp³-hybridized carbons (Fsp3) is 0.812. The van der Waals surface area contributed by atoms with Gasteiger partial charge in [-0.25, -0.2) is 0 Å². The van der Waals surface area contributed by atoms with Gasteiger partial charge < -0.3 is 10.2 Å². The van der Waals surface area contributed by atoms with Crippen LogP contribution in [0.25, 0.3) is 0 Å². The van der Waals surface area contributed by atoms with Crippen LogP contribution < -0.4 is 5.32 Å². The molecule has 2 fully saturated rings. The molecule has 3 nitrogen and oxygen atoms in total. The highest BCUT2D eigenvalue weighted by Crippen LogP contribution is 2.47. The second-order valence-corrected chi connectivity index (χ2v) is 6.50. The molecular formula is C16H28IN3. The fourth-order valence-electron chi connectivity index (χ4n) is 3.83. The molecule has 3 rings (SSSR count). The van der Waals surface area contributed by atoms with E-state index in [1.807, 2.05) is 7.05 Å². The van der Waals surface area contributed by atoms with Crippen LogP contribution in [0.15, 0.2) is 16.6 Å². The van der Waals surface area contributed by atoms with Gasteiger partial charge in [0.15, 0.2) is 5.96 Å². The number of nitrogens with zero attached hydrogens (tertiary/aromatic N) is 2. The molecule has 0 radical (unpaired) electrons. The summed E-state index contributed by atoms with van der Waals surface area (Å²) in [7, 11) is 1.92. The maximum Gasteiger partial charge on any atom is 0.193 e. The molecule has 0 atom stereocenters. The molecule has 0 aromatic rings. The third kappa shape index (κ3) is 3.49. The second-order valence-electron chi connectivity index (χ2n) is 6.50. The molecular weight excluding hydrogens is 361 g/mol. The summed E-state index contributed by atoms with van der Waals surface area (Å²) in [6.07, 6.45) is 13.3. The van der Waals surface area contributed by atoms with Gasteiger partial charge in [0.25, 0.3) is 0 Å². The van der Waals surface area contributed by atoms with Crippen molar-refractivity contribution in [2.24, 2.45) is 10.4 Å². The predicted molar refractivity (Wildman–Crippen MR) is 95.8 cm³/mol. The summed E-state index contributed by atoms with van der Waals surface area (Å²) >= 11 is 0. The monoisotopic (exact) mass is 389 g/mol. The van der Waals surface area contributed by atoms with Crippen molar-refractivity contribution in [2.75, 3.05) is 26.7 Å². The van der Waals surface area contributed by atoms with Crippen LogP contribution in [0.2, 0.25) is 0 Å². The Morgan fingerprint density at radius 2 is 2.20 bits per heavy atom. The van der Waals surface area contributed by atoms with Crippen molar-refractivity contribution in [2.45, 2.75) is 51.4 Å². The normalized spacial score (nSPS) is 24.4. The number of hydrogen-bond donors (Lipinski definition) is 1. The van der Waals surface area contributed by atoms with Crippen LogP contribution >= 0.6 is 24.0 Å². The van der Waals surface area contributed by atoms with E-state index in [1.54, 1.807) is 5.57 Å². The molecule has 114 valence electrons. The van der Waals surface area contributed by atoms with Crippen molar-refractivity contribution in [1.82, 2.24) is 10.2 Å². The van der Waals surface area contributed by atoms with Crippen molar-refractivity contribution in [3.63, 3.8) is 0 Å². The number of hydrogen-bond acceptors (Lipinski definition) is 1. The SMILES string of the molecule is CN=C(NCCC1=CCCC1)N1CCC2(CCC2)C1.I. The smallest absolute Gasteiger partial charge is 0.193 e. The highest BCUT2D eigenvalue weighted by Gasteiger charge is 2.43. The van der Waals surface area contributed by atoms with Crippen LogP contribution in [0.1, 0.15) is 51.4 Å². The predicted octanol–water partition coefficient (Wildman–Crippen LogP) is 3.56. The van der Waals surface area contributed by atoms with E-state index in [9.17, 15) is 0 Å². The quantitative estimate of drug-likeness (QED) is 0.346. The number of aliphatic imine (C=N–C) groups is 1. The van der Waals surface area contributed by atoms with Gasteiger partial charge in [0, 0.05) is 26.7 Å². The third-order valence-electron chi connectivity index (χ3n) is 5.23. The summed E-state index contributed by atoms with van der Waals surface area (Å²) in [6.45, 7) is 3.47. The zero-order chi connectivity index (χ0) is 13.1. The number of halogens is 1. The van der Waals surface area contributed by atoms with E-state index in [1.165, 1.54) is 64.5 Å². The van der Waals surface area contributed by atoms with E-state index >= 15 is 0 Å². The molecule has 0 bridgehead atoms. The molecule has 1 spiro atoms. The highest BCUT2D eigenvalue weighted by atomic mass is 127. The van der Waals surface area contributed by atoms with E-state index in [0.29, 0.717) is 5.41 Å². The largest absolute Gasteiger partial charge is 0.356 e. The number of allylic oxidation sites excluding steroid dienone is 1. The Kier molecular flexibility index (Phi) is 5.75. The van der Waals surface area contributed by atoms with Crippen molar-refractivity contribution in [1.29, 1.82) is 0 Å². The first-order chi connectivity index (χ1) is 9.31. The van der Waals surface area contributed by atoms with E-state index < -0.39 is 0 Å². The Morgan fingerprint density at radius 3 is 2.75 bits per heavy atom. The molecule has 0 aromatic heterocycles. The Hall–Kier alpha value is -0.260. The van der Waals surface area contributed by atoms with Gasteiger partial charge in [-0.1, -0.05) is 18.1 Å². The molecule has 1 N–H and O–H groups in total. The lowest BCUT2D eigenvalue weighted by Gasteiger charge is -2.38. The van der Waals surface area contributed by atoms with Gasteiger partial charge in [-0.15, -0.1) is 24.0 Å². The maximum atomic E-state index is 4.47. The highest BCUT2D eigenvalue weighted by molar-refractivity contribution is 14.0.